The normalized spacial score (nSPS) is 12.4. The lowest BCUT2D eigenvalue weighted by Crippen LogP contribution is -2.24. The molecule has 1 atom stereocenters. The molecule has 0 aromatic heterocycles. The molecule has 2 aromatic rings. The average molecular weight is 367 g/mol. The molecule has 0 radical (unpaired) electrons. The maximum Gasteiger partial charge on any atom is 0.0408 e. The fraction of sp³-hybridized carbons (Fsp3) is 0.333. The van der Waals surface area contributed by atoms with Crippen LogP contribution < -0.4 is 5.32 Å². The fourth-order valence-electron chi connectivity index (χ4n) is 2.54. The Kier molecular flexibility index (Phi) is 6.28. The first kappa shape index (κ1) is 16.5. The van der Waals surface area contributed by atoms with Gasteiger partial charge in [0.25, 0.3) is 0 Å². The Morgan fingerprint density at radius 3 is 2.67 bits per heavy atom. The highest BCUT2D eigenvalue weighted by molar-refractivity contribution is 9.10. The third-order valence-corrected chi connectivity index (χ3v) is 4.31. The Morgan fingerprint density at radius 1 is 1.19 bits per heavy atom. The first-order valence-electron chi connectivity index (χ1n) is 7.34. The highest BCUT2D eigenvalue weighted by Gasteiger charge is 2.14. The first-order chi connectivity index (χ1) is 10.1. The number of benzene rings is 2. The van der Waals surface area contributed by atoms with Crippen LogP contribution in [0.3, 0.4) is 0 Å². The Morgan fingerprint density at radius 2 is 2.00 bits per heavy atom. The van der Waals surface area contributed by atoms with Crippen LogP contribution in [0, 0.1) is 6.92 Å². The second-order valence-electron chi connectivity index (χ2n) is 5.34. The van der Waals surface area contributed by atoms with Crippen LogP contribution in [0.1, 0.15) is 36.1 Å². The highest BCUT2D eigenvalue weighted by Crippen LogP contribution is 2.25. The van der Waals surface area contributed by atoms with Gasteiger partial charge >= 0.3 is 0 Å². The molecule has 1 nitrogen and oxygen atoms in total. The van der Waals surface area contributed by atoms with E-state index in [4.69, 9.17) is 11.6 Å². The van der Waals surface area contributed by atoms with Gasteiger partial charge in [-0.25, -0.2) is 0 Å². The van der Waals surface area contributed by atoms with Crippen molar-refractivity contribution < 1.29 is 0 Å². The Labute approximate surface area is 140 Å². The first-order valence-corrected chi connectivity index (χ1v) is 8.51. The predicted molar refractivity (Wildman–Crippen MR) is 95.1 cm³/mol. The molecule has 0 aliphatic heterocycles. The Balaban J connectivity index is 2.25. The van der Waals surface area contributed by atoms with E-state index in [0.717, 1.165) is 28.9 Å². The smallest absolute Gasteiger partial charge is 0.0408 e. The zero-order chi connectivity index (χ0) is 15.2. The van der Waals surface area contributed by atoms with Gasteiger partial charge in [-0.3, -0.25) is 0 Å². The molecule has 0 aliphatic carbocycles. The van der Waals surface area contributed by atoms with Gasteiger partial charge < -0.3 is 5.32 Å². The van der Waals surface area contributed by atoms with E-state index >= 15 is 0 Å². The molecule has 0 saturated carbocycles. The molecular formula is C18H21BrClN. The molecule has 0 bridgehead atoms. The van der Waals surface area contributed by atoms with Gasteiger partial charge in [-0.2, -0.15) is 0 Å². The Bertz CT molecular complexity index is 598. The van der Waals surface area contributed by atoms with Crippen molar-refractivity contribution in [2.45, 2.75) is 32.7 Å². The molecule has 3 heteroatoms. The van der Waals surface area contributed by atoms with Crippen LogP contribution in [0.2, 0.25) is 5.02 Å². The van der Waals surface area contributed by atoms with Gasteiger partial charge in [0, 0.05) is 15.5 Å². The predicted octanol–water partition coefficient (Wildman–Crippen LogP) is 5.69. The summed E-state index contributed by atoms with van der Waals surface area (Å²) in [6, 6.07) is 14.9. The minimum Gasteiger partial charge on any atom is -0.310 e. The molecule has 0 spiro atoms. The van der Waals surface area contributed by atoms with Crippen molar-refractivity contribution in [1.82, 2.24) is 5.32 Å². The molecule has 0 heterocycles. The van der Waals surface area contributed by atoms with Gasteiger partial charge in [-0.05, 0) is 67.3 Å². The van der Waals surface area contributed by atoms with Crippen LogP contribution in [0.4, 0.5) is 0 Å². The van der Waals surface area contributed by atoms with E-state index in [-0.39, 0.29) is 0 Å². The van der Waals surface area contributed by atoms with E-state index in [9.17, 15) is 0 Å². The van der Waals surface area contributed by atoms with Gasteiger partial charge in [0.15, 0.2) is 0 Å². The summed E-state index contributed by atoms with van der Waals surface area (Å²) in [6.07, 6.45) is 2.07. The van der Waals surface area contributed by atoms with Crippen LogP contribution in [-0.2, 0) is 6.42 Å². The molecule has 112 valence electrons. The van der Waals surface area contributed by atoms with Crippen molar-refractivity contribution >= 4 is 27.5 Å². The second-order valence-corrected chi connectivity index (χ2v) is 6.69. The maximum absolute atomic E-state index is 6.10. The van der Waals surface area contributed by atoms with E-state index < -0.39 is 0 Å². The number of nitrogens with one attached hydrogen (secondary N) is 1. The van der Waals surface area contributed by atoms with E-state index in [0.29, 0.717) is 6.04 Å². The second kappa shape index (κ2) is 7.98. The number of hydrogen-bond donors (Lipinski definition) is 1. The van der Waals surface area contributed by atoms with Crippen molar-refractivity contribution in [3.05, 3.63) is 68.7 Å². The minimum absolute atomic E-state index is 0.316. The number of halogens is 2. The summed E-state index contributed by atoms with van der Waals surface area (Å²) < 4.78 is 1.13. The molecule has 1 N–H and O–H groups in total. The summed E-state index contributed by atoms with van der Waals surface area (Å²) in [7, 11) is 0. The lowest BCUT2D eigenvalue weighted by molar-refractivity contribution is 0.527. The summed E-state index contributed by atoms with van der Waals surface area (Å²) in [5, 5.41) is 4.46. The summed E-state index contributed by atoms with van der Waals surface area (Å²) in [6.45, 7) is 5.37. The summed E-state index contributed by atoms with van der Waals surface area (Å²) in [5.74, 6) is 0. The lowest BCUT2D eigenvalue weighted by Gasteiger charge is -2.21. The largest absolute Gasteiger partial charge is 0.310 e. The topological polar surface area (TPSA) is 12.0 Å². The SMILES string of the molecule is CCCNC(Cc1cccc(Cl)c1)c1ccc(Br)cc1C. The van der Waals surface area contributed by atoms with Gasteiger partial charge in [-0.1, -0.05) is 52.7 Å². The van der Waals surface area contributed by atoms with Crippen LogP contribution in [0.5, 0.6) is 0 Å². The average Bonchev–Trinajstić information content (AvgIpc) is 2.44. The van der Waals surface area contributed by atoms with Crippen LogP contribution in [0.25, 0.3) is 0 Å². The van der Waals surface area contributed by atoms with Crippen LogP contribution in [0.15, 0.2) is 46.9 Å². The van der Waals surface area contributed by atoms with Crippen molar-refractivity contribution in [3.63, 3.8) is 0 Å². The van der Waals surface area contributed by atoms with Crippen molar-refractivity contribution in [1.29, 1.82) is 0 Å². The number of aryl methyl sites for hydroxylation is 1. The van der Waals surface area contributed by atoms with Gasteiger partial charge in [0.1, 0.15) is 0 Å². The van der Waals surface area contributed by atoms with E-state index in [1.807, 2.05) is 12.1 Å². The molecule has 0 aliphatic rings. The number of hydrogen-bond acceptors (Lipinski definition) is 1. The summed E-state index contributed by atoms with van der Waals surface area (Å²) in [5.41, 5.74) is 3.92. The highest BCUT2D eigenvalue weighted by atomic mass is 79.9. The summed E-state index contributed by atoms with van der Waals surface area (Å²) in [4.78, 5) is 0. The van der Waals surface area contributed by atoms with Crippen molar-refractivity contribution in [2.24, 2.45) is 0 Å². The zero-order valence-corrected chi connectivity index (χ0v) is 14.8. The van der Waals surface area contributed by atoms with Crippen molar-refractivity contribution in [3.8, 4) is 0 Å². The van der Waals surface area contributed by atoms with E-state index in [1.54, 1.807) is 0 Å². The van der Waals surface area contributed by atoms with E-state index in [2.05, 4.69) is 65.4 Å². The third-order valence-electron chi connectivity index (χ3n) is 3.58. The number of rotatable bonds is 6. The molecule has 2 rings (SSSR count). The zero-order valence-electron chi connectivity index (χ0n) is 12.5. The lowest BCUT2D eigenvalue weighted by atomic mass is 9.95. The molecule has 2 aromatic carbocycles. The fourth-order valence-corrected chi connectivity index (χ4v) is 3.23. The van der Waals surface area contributed by atoms with E-state index in [1.165, 1.54) is 16.7 Å². The van der Waals surface area contributed by atoms with Crippen LogP contribution >= 0.6 is 27.5 Å². The monoisotopic (exact) mass is 365 g/mol. The van der Waals surface area contributed by atoms with Gasteiger partial charge in [0.05, 0.1) is 0 Å². The molecule has 1 unspecified atom stereocenters. The quantitative estimate of drug-likeness (QED) is 0.692. The van der Waals surface area contributed by atoms with Crippen LogP contribution in [-0.4, -0.2) is 6.54 Å². The van der Waals surface area contributed by atoms with Crippen molar-refractivity contribution in [2.75, 3.05) is 6.54 Å². The van der Waals surface area contributed by atoms with Gasteiger partial charge in [-0.15, -0.1) is 0 Å². The Hall–Kier alpha value is -0.830. The maximum atomic E-state index is 6.10. The minimum atomic E-state index is 0.316. The molecule has 21 heavy (non-hydrogen) atoms. The molecule has 0 amide bonds. The third kappa shape index (κ3) is 4.84. The molecule has 0 saturated heterocycles. The summed E-state index contributed by atoms with van der Waals surface area (Å²) >= 11 is 9.64. The molecule has 0 fully saturated rings. The van der Waals surface area contributed by atoms with Gasteiger partial charge in [0.2, 0.25) is 0 Å². The standard InChI is InChI=1S/C18H21BrClN/c1-3-9-21-18(12-14-5-4-6-16(20)11-14)17-8-7-15(19)10-13(17)2/h4-8,10-11,18,21H,3,9,12H2,1-2H3. The molecular weight excluding hydrogens is 346 g/mol.